The maximum absolute atomic E-state index is 12.7. The standard InChI is InChI=1S/C20H16F2N2OS/c21-20(22)26-19-16(10-6-12-23-19)18(25)24-17-11-5-4-9-15(17)13-14-7-2-1-3-8-14/h1-12,20H,13H2,(H,24,25). The third-order valence-electron chi connectivity index (χ3n) is 3.72. The van der Waals surface area contributed by atoms with E-state index >= 15 is 0 Å². The number of carbonyl (C=O) groups excluding carboxylic acids is 1. The number of nitrogens with one attached hydrogen (secondary N) is 1. The molecule has 3 aromatic rings. The zero-order valence-electron chi connectivity index (χ0n) is 13.7. The summed E-state index contributed by atoms with van der Waals surface area (Å²) in [5, 5.41) is 2.84. The van der Waals surface area contributed by atoms with Crippen molar-refractivity contribution in [3.05, 3.63) is 89.6 Å². The average Bonchev–Trinajstić information content (AvgIpc) is 2.64. The number of amides is 1. The minimum atomic E-state index is -2.64. The molecule has 1 aromatic heterocycles. The van der Waals surface area contributed by atoms with Gasteiger partial charge in [0.15, 0.2) is 0 Å². The van der Waals surface area contributed by atoms with E-state index < -0.39 is 11.7 Å². The van der Waals surface area contributed by atoms with Gasteiger partial charge in [-0.1, -0.05) is 48.5 Å². The Balaban J connectivity index is 1.83. The second-order valence-electron chi connectivity index (χ2n) is 5.51. The number of carbonyl (C=O) groups is 1. The Kier molecular flexibility index (Phi) is 5.96. The summed E-state index contributed by atoms with van der Waals surface area (Å²) in [4.78, 5) is 16.5. The number of thioether (sulfide) groups is 1. The van der Waals surface area contributed by atoms with Gasteiger partial charge in [-0.2, -0.15) is 8.78 Å². The van der Waals surface area contributed by atoms with Gasteiger partial charge in [0.2, 0.25) is 0 Å². The molecule has 1 N–H and O–H groups in total. The molecule has 1 heterocycles. The van der Waals surface area contributed by atoms with Crippen LogP contribution in [0.1, 0.15) is 21.5 Å². The lowest BCUT2D eigenvalue weighted by molar-refractivity contribution is 0.102. The maximum atomic E-state index is 12.7. The van der Waals surface area contributed by atoms with Crippen molar-refractivity contribution in [3.8, 4) is 0 Å². The number of aromatic nitrogens is 1. The van der Waals surface area contributed by atoms with Crippen molar-refractivity contribution in [2.24, 2.45) is 0 Å². The van der Waals surface area contributed by atoms with Crippen molar-refractivity contribution in [2.45, 2.75) is 17.2 Å². The number of para-hydroxylation sites is 1. The Hall–Kier alpha value is -2.73. The van der Waals surface area contributed by atoms with Gasteiger partial charge < -0.3 is 5.32 Å². The molecule has 1 amide bonds. The molecule has 0 aliphatic heterocycles. The second kappa shape index (κ2) is 8.58. The highest BCUT2D eigenvalue weighted by Crippen LogP contribution is 2.27. The van der Waals surface area contributed by atoms with E-state index in [9.17, 15) is 13.6 Å². The Morgan fingerprint density at radius 1 is 1.00 bits per heavy atom. The number of hydrogen-bond acceptors (Lipinski definition) is 3. The number of nitrogens with zero attached hydrogens (tertiary/aromatic N) is 1. The lowest BCUT2D eigenvalue weighted by Gasteiger charge is -2.12. The predicted molar refractivity (Wildman–Crippen MR) is 99.7 cm³/mol. The van der Waals surface area contributed by atoms with Crippen molar-refractivity contribution in [3.63, 3.8) is 0 Å². The van der Waals surface area contributed by atoms with Gasteiger partial charge in [0, 0.05) is 11.9 Å². The quantitative estimate of drug-likeness (QED) is 0.604. The Morgan fingerprint density at radius 2 is 1.73 bits per heavy atom. The van der Waals surface area contributed by atoms with Gasteiger partial charge in [-0.3, -0.25) is 4.79 Å². The van der Waals surface area contributed by atoms with Gasteiger partial charge >= 0.3 is 0 Å². The number of pyridine rings is 1. The van der Waals surface area contributed by atoms with Crippen LogP contribution in [0.4, 0.5) is 14.5 Å². The first-order chi connectivity index (χ1) is 12.6. The van der Waals surface area contributed by atoms with Crippen LogP contribution in [0.2, 0.25) is 0 Å². The molecule has 0 aliphatic carbocycles. The van der Waals surface area contributed by atoms with E-state index in [1.165, 1.54) is 12.3 Å². The molecule has 2 aromatic carbocycles. The molecule has 0 radical (unpaired) electrons. The summed E-state index contributed by atoms with van der Waals surface area (Å²) in [6.07, 6.45) is 2.05. The van der Waals surface area contributed by atoms with E-state index in [-0.39, 0.29) is 22.4 Å². The molecule has 26 heavy (non-hydrogen) atoms. The Bertz CT molecular complexity index is 888. The van der Waals surface area contributed by atoms with Crippen LogP contribution < -0.4 is 5.32 Å². The number of anilines is 1. The van der Waals surface area contributed by atoms with Crippen LogP contribution in [0.3, 0.4) is 0 Å². The average molecular weight is 370 g/mol. The molecule has 0 saturated heterocycles. The molecule has 6 heteroatoms. The number of alkyl halides is 2. The van der Waals surface area contributed by atoms with E-state index in [0.29, 0.717) is 12.1 Å². The zero-order chi connectivity index (χ0) is 18.4. The van der Waals surface area contributed by atoms with Crippen LogP contribution in [-0.4, -0.2) is 16.6 Å². The van der Waals surface area contributed by atoms with E-state index in [2.05, 4.69) is 10.3 Å². The van der Waals surface area contributed by atoms with E-state index in [0.717, 1.165) is 11.1 Å². The fourth-order valence-corrected chi connectivity index (χ4v) is 3.12. The second-order valence-corrected chi connectivity index (χ2v) is 6.49. The third kappa shape index (κ3) is 4.67. The minimum absolute atomic E-state index is 0.0144. The molecule has 0 atom stereocenters. The number of hydrogen-bond donors (Lipinski definition) is 1. The summed E-state index contributed by atoms with van der Waals surface area (Å²) in [7, 11) is 0. The third-order valence-corrected chi connectivity index (χ3v) is 4.45. The van der Waals surface area contributed by atoms with Gasteiger partial charge in [0.1, 0.15) is 5.03 Å². The summed E-state index contributed by atoms with van der Waals surface area (Å²) >= 11 is 0.265. The first-order valence-electron chi connectivity index (χ1n) is 7.96. The van der Waals surface area contributed by atoms with E-state index in [4.69, 9.17) is 0 Å². The normalized spacial score (nSPS) is 10.7. The van der Waals surface area contributed by atoms with Crippen molar-refractivity contribution in [2.75, 3.05) is 5.32 Å². The van der Waals surface area contributed by atoms with Gasteiger partial charge in [0.25, 0.3) is 11.7 Å². The molecule has 0 spiro atoms. The van der Waals surface area contributed by atoms with Gasteiger partial charge in [-0.05, 0) is 47.5 Å². The molecule has 0 bridgehead atoms. The van der Waals surface area contributed by atoms with Gasteiger partial charge in [0.05, 0.1) is 5.56 Å². The number of halogens is 2. The fraction of sp³-hybridized carbons (Fsp3) is 0.100. The first-order valence-corrected chi connectivity index (χ1v) is 8.84. The fourth-order valence-electron chi connectivity index (χ4n) is 2.54. The summed E-state index contributed by atoms with van der Waals surface area (Å²) in [6.45, 7) is 0. The van der Waals surface area contributed by atoms with Crippen molar-refractivity contribution in [1.29, 1.82) is 0 Å². The number of rotatable bonds is 6. The first kappa shape index (κ1) is 18.1. The minimum Gasteiger partial charge on any atom is -0.322 e. The molecule has 0 aliphatic rings. The molecule has 0 saturated carbocycles. The maximum Gasteiger partial charge on any atom is 0.290 e. The Morgan fingerprint density at radius 3 is 2.50 bits per heavy atom. The van der Waals surface area contributed by atoms with Crippen LogP contribution in [0.15, 0.2) is 78.0 Å². The highest BCUT2D eigenvalue weighted by atomic mass is 32.2. The predicted octanol–water partition coefficient (Wildman–Crippen LogP) is 5.24. The lowest BCUT2D eigenvalue weighted by atomic mass is 10.0. The van der Waals surface area contributed by atoms with Crippen LogP contribution in [0.5, 0.6) is 0 Å². The molecular formula is C20H16F2N2OS. The molecule has 3 nitrogen and oxygen atoms in total. The summed E-state index contributed by atoms with van der Waals surface area (Å²) in [6, 6.07) is 20.4. The summed E-state index contributed by atoms with van der Waals surface area (Å²) < 4.78 is 25.4. The molecule has 132 valence electrons. The van der Waals surface area contributed by atoms with E-state index in [1.54, 1.807) is 12.1 Å². The summed E-state index contributed by atoms with van der Waals surface area (Å²) in [5.41, 5.74) is 2.84. The van der Waals surface area contributed by atoms with E-state index in [1.807, 2.05) is 48.5 Å². The smallest absolute Gasteiger partial charge is 0.290 e. The van der Waals surface area contributed by atoms with Crippen LogP contribution >= 0.6 is 11.8 Å². The van der Waals surface area contributed by atoms with Gasteiger partial charge in [-0.25, -0.2) is 4.98 Å². The lowest BCUT2D eigenvalue weighted by Crippen LogP contribution is -2.15. The molecule has 0 fully saturated rings. The molecule has 0 unspecified atom stereocenters. The zero-order valence-corrected chi connectivity index (χ0v) is 14.5. The van der Waals surface area contributed by atoms with Gasteiger partial charge in [-0.15, -0.1) is 0 Å². The van der Waals surface area contributed by atoms with Crippen LogP contribution in [-0.2, 0) is 6.42 Å². The monoisotopic (exact) mass is 370 g/mol. The topological polar surface area (TPSA) is 42.0 Å². The largest absolute Gasteiger partial charge is 0.322 e. The van der Waals surface area contributed by atoms with Crippen molar-refractivity contribution >= 4 is 23.4 Å². The highest BCUT2D eigenvalue weighted by Gasteiger charge is 2.17. The SMILES string of the molecule is O=C(Nc1ccccc1Cc1ccccc1)c1cccnc1SC(F)F. The van der Waals surface area contributed by atoms with Crippen molar-refractivity contribution in [1.82, 2.24) is 4.98 Å². The Labute approximate surface area is 154 Å². The molecule has 3 rings (SSSR count). The highest BCUT2D eigenvalue weighted by molar-refractivity contribution is 7.99. The summed E-state index contributed by atoms with van der Waals surface area (Å²) in [5.74, 6) is -3.09. The van der Waals surface area contributed by atoms with Crippen LogP contribution in [0.25, 0.3) is 0 Å². The molecular weight excluding hydrogens is 354 g/mol. The van der Waals surface area contributed by atoms with Crippen molar-refractivity contribution < 1.29 is 13.6 Å². The number of benzene rings is 2. The van der Waals surface area contributed by atoms with Crippen LogP contribution in [0, 0.1) is 0 Å².